The Morgan fingerprint density at radius 1 is 1.71 bits per heavy atom. The van der Waals surface area contributed by atoms with Gasteiger partial charge in [0, 0.05) is 6.54 Å². The molecule has 6 heteroatoms. The zero-order valence-corrected chi connectivity index (χ0v) is 9.96. The van der Waals surface area contributed by atoms with Crippen LogP contribution in [-0.4, -0.2) is 40.7 Å². The Balaban J connectivity index is 1.86. The number of esters is 1. The van der Waals surface area contributed by atoms with Crippen LogP contribution in [-0.2, 0) is 16.1 Å². The van der Waals surface area contributed by atoms with E-state index in [4.69, 9.17) is 9.26 Å². The number of piperidine rings is 1. The number of likely N-dealkylation sites (tertiary alicyclic amines) is 1. The molecule has 2 heterocycles. The molecule has 1 atom stereocenters. The first-order valence-corrected chi connectivity index (χ1v) is 5.94. The molecule has 17 heavy (non-hydrogen) atoms. The largest absolute Gasteiger partial charge is 0.466 e. The van der Waals surface area contributed by atoms with Gasteiger partial charge in [0.2, 0.25) is 5.89 Å². The molecule has 0 aliphatic carbocycles. The highest BCUT2D eigenvalue weighted by atomic mass is 16.5. The second-order valence-electron chi connectivity index (χ2n) is 4.16. The van der Waals surface area contributed by atoms with E-state index in [1.54, 1.807) is 0 Å². The van der Waals surface area contributed by atoms with Crippen LogP contribution in [0.3, 0.4) is 0 Å². The quantitative estimate of drug-likeness (QED) is 0.725. The topological polar surface area (TPSA) is 68.5 Å². The molecular formula is C11H17N3O3. The average molecular weight is 239 g/mol. The van der Waals surface area contributed by atoms with Gasteiger partial charge in [0.1, 0.15) is 0 Å². The summed E-state index contributed by atoms with van der Waals surface area (Å²) in [6.45, 7) is 4.55. The number of carbonyl (C=O) groups excluding carboxylic acids is 1. The Kier molecular flexibility index (Phi) is 4.08. The van der Waals surface area contributed by atoms with Crippen LogP contribution in [0.4, 0.5) is 0 Å². The molecule has 0 aromatic carbocycles. The highest BCUT2D eigenvalue weighted by Gasteiger charge is 2.27. The van der Waals surface area contributed by atoms with Crippen molar-refractivity contribution in [2.45, 2.75) is 26.3 Å². The molecule has 1 aliphatic heterocycles. The van der Waals surface area contributed by atoms with Gasteiger partial charge in [-0.3, -0.25) is 9.69 Å². The van der Waals surface area contributed by atoms with Gasteiger partial charge < -0.3 is 9.26 Å². The third kappa shape index (κ3) is 3.26. The molecule has 0 amide bonds. The van der Waals surface area contributed by atoms with Crippen LogP contribution in [0, 0.1) is 5.92 Å². The summed E-state index contributed by atoms with van der Waals surface area (Å²) in [5.41, 5.74) is 0. The minimum Gasteiger partial charge on any atom is -0.466 e. The number of hydrogen-bond donors (Lipinski definition) is 0. The van der Waals surface area contributed by atoms with E-state index in [-0.39, 0.29) is 11.9 Å². The van der Waals surface area contributed by atoms with Gasteiger partial charge in [0.05, 0.1) is 19.1 Å². The van der Waals surface area contributed by atoms with Gasteiger partial charge in [-0.25, -0.2) is 0 Å². The normalized spacial score (nSPS) is 21.4. The first-order valence-electron chi connectivity index (χ1n) is 5.94. The van der Waals surface area contributed by atoms with E-state index in [2.05, 4.69) is 15.0 Å². The molecule has 1 aromatic rings. The van der Waals surface area contributed by atoms with E-state index < -0.39 is 0 Å². The highest BCUT2D eigenvalue weighted by Crippen LogP contribution is 2.19. The standard InChI is InChI=1S/C11H17N3O3/c1-2-16-11(15)9-4-3-5-14(6-9)7-10-12-8-13-17-10/h8-9H,2-7H2,1H3. The van der Waals surface area contributed by atoms with Crippen molar-refractivity contribution in [1.29, 1.82) is 0 Å². The summed E-state index contributed by atoms with van der Waals surface area (Å²) < 4.78 is 10.0. The Hall–Kier alpha value is -1.43. The number of hydrogen-bond acceptors (Lipinski definition) is 6. The number of nitrogens with zero attached hydrogens (tertiary/aromatic N) is 3. The van der Waals surface area contributed by atoms with Crippen molar-refractivity contribution in [2.24, 2.45) is 5.92 Å². The SMILES string of the molecule is CCOC(=O)C1CCCN(Cc2ncno2)C1. The number of ether oxygens (including phenoxy) is 1. The van der Waals surface area contributed by atoms with Gasteiger partial charge >= 0.3 is 5.97 Å². The summed E-state index contributed by atoms with van der Waals surface area (Å²) in [5, 5.41) is 3.57. The van der Waals surface area contributed by atoms with Crippen molar-refractivity contribution >= 4 is 5.97 Å². The average Bonchev–Trinajstić information content (AvgIpc) is 2.82. The molecule has 0 saturated carbocycles. The zero-order chi connectivity index (χ0) is 12.1. The summed E-state index contributed by atoms with van der Waals surface area (Å²) in [5.74, 6) is 0.476. The van der Waals surface area contributed by atoms with Gasteiger partial charge in [-0.05, 0) is 26.3 Å². The van der Waals surface area contributed by atoms with E-state index in [0.717, 1.165) is 19.4 Å². The van der Waals surface area contributed by atoms with Gasteiger partial charge in [0.25, 0.3) is 0 Å². The third-order valence-corrected chi connectivity index (χ3v) is 2.89. The predicted octanol–water partition coefficient (Wildman–Crippen LogP) is 0.845. The molecule has 1 unspecified atom stereocenters. The van der Waals surface area contributed by atoms with Crippen LogP contribution in [0.5, 0.6) is 0 Å². The second kappa shape index (κ2) is 5.77. The van der Waals surface area contributed by atoms with Crippen LogP contribution in [0.2, 0.25) is 0 Å². The van der Waals surface area contributed by atoms with Crippen molar-refractivity contribution in [2.75, 3.05) is 19.7 Å². The fraction of sp³-hybridized carbons (Fsp3) is 0.727. The smallest absolute Gasteiger partial charge is 0.310 e. The fourth-order valence-corrected chi connectivity index (χ4v) is 2.11. The summed E-state index contributed by atoms with van der Waals surface area (Å²) in [6.07, 6.45) is 3.29. The van der Waals surface area contributed by atoms with Crippen molar-refractivity contribution in [3.05, 3.63) is 12.2 Å². The lowest BCUT2D eigenvalue weighted by Gasteiger charge is -2.30. The van der Waals surface area contributed by atoms with Crippen LogP contribution < -0.4 is 0 Å². The lowest BCUT2D eigenvalue weighted by atomic mass is 9.98. The predicted molar refractivity (Wildman–Crippen MR) is 58.9 cm³/mol. The number of carbonyl (C=O) groups is 1. The molecule has 94 valence electrons. The molecular weight excluding hydrogens is 222 g/mol. The molecule has 0 N–H and O–H groups in total. The first-order chi connectivity index (χ1) is 8.29. The highest BCUT2D eigenvalue weighted by molar-refractivity contribution is 5.72. The summed E-state index contributed by atoms with van der Waals surface area (Å²) in [6, 6.07) is 0. The van der Waals surface area contributed by atoms with Crippen LogP contribution in [0.25, 0.3) is 0 Å². The Morgan fingerprint density at radius 3 is 3.29 bits per heavy atom. The monoisotopic (exact) mass is 239 g/mol. The van der Waals surface area contributed by atoms with Gasteiger partial charge in [-0.2, -0.15) is 4.98 Å². The van der Waals surface area contributed by atoms with Crippen molar-refractivity contribution in [3.8, 4) is 0 Å². The van der Waals surface area contributed by atoms with E-state index in [9.17, 15) is 4.79 Å². The minimum absolute atomic E-state index is 0.0216. The Labute approximate surface area is 99.9 Å². The maximum Gasteiger partial charge on any atom is 0.310 e. The summed E-state index contributed by atoms with van der Waals surface area (Å²) in [4.78, 5) is 17.8. The van der Waals surface area contributed by atoms with Gasteiger partial charge in [-0.1, -0.05) is 5.16 Å². The minimum atomic E-state index is -0.0947. The van der Waals surface area contributed by atoms with E-state index in [1.807, 2.05) is 6.92 Å². The molecule has 0 bridgehead atoms. The maximum atomic E-state index is 11.6. The number of aromatic nitrogens is 2. The Morgan fingerprint density at radius 2 is 2.59 bits per heavy atom. The maximum absolute atomic E-state index is 11.6. The van der Waals surface area contributed by atoms with Crippen LogP contribution in [0.1, 0.15) is 25.7 Å². The molecule has 1 aromatic heterocycles. The molecule has 1 aliphatic rings. The zero-order valence-electron chi connectivity index (χ0n) is 9.96. The molecule has 0 spiro atoms. The summed E-state index contributed by atoms with van der Waals surface area (Å²) in [7, 11) is 0. The van der Waals surface area contributed by atoms with Crippen LogP contribution >= 0.6 is 0 Å². The van der Waals surface area contributed by atoms with Crippen molar-refractivity contribution < 1.29 is 14.1 Å². The second-order valence-corrected chi connectivity index (χ2v) is 4.16. The molecule has 1 saturated heterocycles. The number of rotatable bonds is 4. The summed E-state index contributed by atoms with van der Waals surface area (Å²) >= 11 is 0. The third-order valence-electron chi connectivity index (χ3n) is 2.89. The van der Waals surface area contributed by atoms with Gasteiger partial charge in [0.15, 0.2) is 6.33 Å². The molecule has 6 nitrogen and oxygen atoms in total. The van der Waals surface area contributed by atoms with E-state index in [0.29, 0.717) is 25.6 Å². The molecule has 2 rings (SSSR count). The van der Waals surface area contributed by atoms with Crippen LogP contribution in [0.15, 0.2) is 10.9 Å². The molecule has 0 radical (unpaired) electrons. The Bertz CT molecular complexity index is 353. The van der Waals surface area contributed by atoms with Gasteiger partial charge in [-0.15, -0.1) is 0 Å². The fourth-order valence-electron chi connectivity index (χ4n) is 2.11. The van der Waals surface area contributed by atoms with E-state index >= 15 is 0 Å². The van der Waals surface area contributed by atoms with Crippen molar-refractivity contribution in [1.82, 2.24) is 15.0 Å². The lowest BCUT2D eigenvalue weighted by molar-refractivity contribution is -0.150. The first kappa shape index (κ1) is 12.0. The van der Waals surface area contributed by atoms with Crippen molar-refractivity contribution in [3.63, 3.8) is 0 Å². The lowest BCUT2D eigenvalue weighted by Crippen LogP contribution is -2.39. The molecule has 1 fully saturated rings. The van der Waals surface area contributed by atoms with E-state index in [1.165, 1.54) is 6.33 Å².